The third kappa shape index (κ3) is 4.50. The Kier molecular flexibility index (Phi) is 6.20. The number of alkyl halides is 2. The van der Waals surface area contributed by atoms with Gasteiger partial charge < -0.3 is 14.8 Å². The second kappa shape index (κ2) is 8.65. The minimum atomic E-state index is -3.73. The van der Waals surface area contributed by atoms with Crippen LogP contribution in [0.25, 0.3) is 11.1 Å². The highest BCUT2D eigenvalue weighted by Crippen LogP contribution is 2.44. The van der Waals surface area contributed by atoms with Crippen LogP contribution in [-0.2, 0) is 6.54 Å². The first-order chi connectivity index (χ1) is 14.3. The lowest BCUT2D eigenvalue weighted by molar-refractivity contribution is -0.286. The Balaban J connectivity index is 0.00000124. The third-order valence-corrected chi connectivity index (χ3v) is 4.45. The van der Waals surface area contributed by atoms with Crippen molar-refractivity contribution in [2.24, 2.45) is 0 Å². The van der Waals surface area contributed by atoms with Gasteiger partial charge in [0.05, 0.1) is 0 Å². The Labute approximate surface area is 172 Å². The monoisotopic (exact) mass is 419 g/mol. The zero-order valence-corrected chi connectivity index (χ0v) is 16.7. The maximum atomic E-state index is 14.7. The third-order valence-electron chi connectivity index (χ3n) is 4.45. The fraction of sp³-hybridized carbons (Fsp3) is 0.217. The van der Waals surface area contributed by atoms with Crippen molar-refractivity contribution in [3.05, 3.63) is 77.4 Å². The normalized spacial score (nSPS) is 13.4. The van der Waals surface area contributed by atoms with Crippen molar-refractivity contribution in [3.8, 4) is 22.6 Å². The van der Waals surface area contributed by atoms with E-state index < -0.39 is 12.1 Å². The molecule has 1 heterocycles. The van der Waals surface area contributed by atoms with Crippen molar-refractivity contribution in [3.63, 3.8) is 0 Å². The summed E-state index contributed by atoms with van der Waals surface area (Å²) in [6.07, 6.45) is -3.73. The molecule has 0 spiro atoms. The van der Waals surface area contributed by atoms with Crippen molar-refractivity contribution < 1.29 is 27.0 Å². The minimum Gasteiger partial charge on any atom is -0.395 e. The zero-order chi connectivity index (χ0) is 21.9. The van der Waals surface area contributed by atoms with Crippen LogP contribution in [0.3, 0.4) is 0 Å². The minimum absolute atomic E-state index is 0.0881. The Morgan fingerprint density at radius 1 is 0.833 bits per heavy atom. The molecule has 0 saturated heterocycles. The van der Waals surface area contributed by atoms with E-state index in [1.165, 1.54) is 30.3 Å². The highest BCUT2D eigenvalue weighted by molar-refractivity contribution is 5.73. The van der Waals surface area contributed by atoms with Gasteiger partial charge in [-0.25, -0.2) is 8.78 Å². The average molecular weight is 419 g/mol. The molecular formula is C23H21F4NO2. The van der Waals surface area contributed by atoms with Crippen LogP contribution in [0.15, 0.2) is 54.6 Å². The Morgan fingerprint density at radius 2 is 1.50 bits per heavy atom. The molecule has 0 aliphatic carbocycles. The molecule has 158 valence electrons. The summed E-state index contributed by atoms with van der Waals surface area (Å²) >= 11 is 0. The standard InChI is InChI=1S/C21H15F4NO2.C2H6/c1-12-8-19-20(28-21(24,25)27-19)10-16(12)15-7-6-14(9-18(15)23)26-11-13-4-2-3-5-17(13)22;1-2/h2-10,26H,11H2,1H3;1-2H3. The van der Waals surface area contributed by atoms with E-state index in [2.05, 4.69) is 14.8 Å². The van der Waals surface area contributed by atoms with Crippen molar-refractivity contribution in [1.82, 2.24) is 0 Å². The van der Waals surface area contributed by atoms with E-state index in [1.807, 2.05) is 13.8 Å². The molecule has 3 nitrogen and oxygen atoms in total. The molecule has 0 bridgehead atoms. The Bertz CT molecular complexity index is 1050. The number of halogens is 4. The summed E-state index contributed by atoms with van der Waals surface area (Å²) in [5.41, 5.74) is 2.13. The van der Waals surface area contributed by atoms with Crippen LogP contribution in [-0.4, -0.2) is 6.29 Å². The number of ether oxygens (including phenoxy) is 2. The van der Waals surface area contributed by atoms with Crippen LogP contribution in [0.5, 0.6) is 11.5 Å². The number of hydrogen-bond acceptors (Lipinski definition) is 3. The molecule has 1 N–H and O–H groups in total. The van der Waals surface area contributed by atoms with Gasteiger partial charge in [0.2, 0.25) is 0 Å². The number of nitrogens with one attached hydrogen (secondary N) is 1. The summed E-state index contributed by atoms with van der Waals surface area (Å²) in [6.45, 7) is 5.86. The van der Waals surface area contributed by atoms with Crippen LogP contribution in [0, 0.1) is 18.6 Å². The lowest BCUT2D eigenvalue weighted by Gasteiger charge is -2.12. The number of hydrogen-bond donors (Lipinski definition) is 1. The molecule has 1 aliphatic heterocycles. The molecule has 0 saturated carbocycles. The maximum absolute atomic E-state index is 14.7. The van der Waals surface area contributed by atoms with E-state index in [-0.39, 0.29) is 29.4 Å². The number of rotatable bonds is 4. The second-order valence-corrected chi connectivity index (χ2v) is 6.42. The molecule has 0 fully saturated rings. The van der Waals surface area contributed by atoms with Gasteiger partial charge in [0.15, 0.2) is 11.5 Å². The van der Waals surface area contributed by atoms with E-state index in [0.717, 1.165) is 0 Å². The number of benzene rings is 3. The Morgan fingerprint density at radius 3 is 2.17 bits per heavy atom. The summed E-state index contributed by atoms with van der Waals surface area (Å²) < 4.78 is 63.7. The molecule has 3 aromatic rings. The van der Waals surface area contributed by atoms with E-state index >= 15 is 0 Å². The SMILES string of the molecule is CC.Cc1cc2c(cc1-c1ccc(NCc3ccccc3F)cc1F)OC(F)(F)O2. The van der Waals surface area contributed by atoms with Gasteiger partial charge in [-0.1, -0.05) is 32.0 Å². The first-order valence-corrected chi connectivity index (χ1v) is 9.50. The average Bonchev–Trinajstić information content (AvgIpc) is 3.01. The molecule has 0 aromatic heterocycles. The first-order valence-electron chi connectivity index (χ1n) is 9.50. The van der Waals surface area contributed by atoms with Crippen molar-refractivity contribution in [2.45, 2.75) is 33.6 Å². The quantitative estimate of drug-likeness (QED) is 0.467. The summed E-state index contributed by atoms with van der Waals surface area (Å²) in [5.74, 6) is -1.13. The van der Waals surface area contributed by atoms with Gasteiger partial charge in [-0.2, -0.15) is 0 Å². The summed E-state index contributed by atoms with van der Waals surface area (Å²) in [5, 5.41) is 2.96. The van der Waals surface area contributed by atoms with Crippen molar-refractivity contribution in [1.29, 1.82) is 0 Å². The van der Waals surface area contributed by atoms with Gasteiger partial charge in [0.1, 0.15) is 11.6 Å². The van der Waals surface area contributed by atoms with Crippen LogP contribution in [0.2, 0.25) is 0 Å². The van der Waals surface area contributed by atoms with Crippen LogP contribution in [0.4, 0.5) is 23.2 Å². The van der Waals surface area contributed by atoms with E-state index in [1.54, 1.807) is 31.2 Å². The highest BCUT2D eigenvalue weighted by atomic mass is 19.3. The van der Waals surface area contributed by atoms with Crippen LogP contribution >= 0.6 is 0 Å². The first kappa shape index (κ1) is 21.5. The predicted molar refractivity (Wildman–Crippen MR) is 108 cm³/mol. The fourth-order valence-electron chi connectivity index (χ4n) is 3.07. The smallest absolute Gasteiger partial charge is 0.395 e. The fourth-order valence-corrected chi connectivity index (χ4v) is 3.07. The number of aryl methyl sites for hydroxylation is 1. The van der Waals surface area contributed by atoms with Crippen molar-refractivity contribution in [2.75, 3.05) is 5.32 Å². The molecule has 30 heavy (non-hydrogen) atoms. The Hall–Kier alpha value is -3.22. The highest BCUT2D eigenvalue weighted by Gasteiger charge is 2.43. The predicted octanol–water partition coefficient (Wildman–Crippen LogP) is 6.90. The van der Waals surface area contributed by atoms with Gasteiger partial charge in [0.25, 0.3) is 0 Å². The lowest BCUT2D eigenvalue weighted by atomic mass is 9.99. The molecular weight excluding hydrogens is 398 g/mol. The van der Waals surface area contributed by atoms with Gasteiger partial charge in [-0.15, -0.1) is 8.78 Å². The molecule has 0 unspecified atom stereocenters. The number of anilines is 1. The lowest BCUT2D eigenvalue weighted by Crippen LogP contribution is -2.25. The molecule has 0 radical (unpaired) electrons. The zero-order valence-electron chi connectivity index (χ0n) is 16.7. The number of fused-ring (bicyclic) bond motifs is 1. The van der Waals surface area contributed by atoms with Gasteiger partial charge in [-0.3, -0.25) is 0 Å². The molecule has 3 aromatic carbocycles. The van der Waals surface area contributed by atoms with Gasteiger partial charge >= 0.3 is 6.29 Å². The molecule has 1 aliphatic rings. The van der Waals surface area contributed by atoms with Crippen LogP contribution in [0.1, 0.15) is 25.0 Å². The molecule has 7 heteroatoms. The van der Waals surface area contributed by atoms with E-state index in [0.29, 0.717) is 22.4 Å². The molecule has 4 rings (SSSR count). The summed E-state index contributed by atoms with van der Waals surface area (Å²) in [4.78, 5) is 0. The van der Waals surface area contributed by atoms with Crippen LogP contribution < -0.4 is 14.8 Å². The van der Waals surface area contributed by atoms with Gasteiger partial charge in [-0.05, 0) is 54.4 Å². The topological polar surface area (TPSA) is 30.5 Å². The second-order valence-electron chi connectivity index (χ2n) is 6.42. The molecule has 0 amide bonds. The van der Waals surface area contributed by atoms with Gasteiger partial charge in [0, 0.05) is 23.4 Å². The van der Waals surface area contributed by atoms with E-state index in [9.17, 15) is 17.6 Å². The summed E-state index contributed by atoms with van der Waals surface area (Å²) in [6, 6.07) is 13.5. The molecule has 0 atom stereocenters. The largest absolute Gasteiger partial charge is 0.586 e. The maximum Gasteiger partial charge on any atom is 0.586 e. The van der Waals surface area contributed by atoms with E-state index in [4.69, 9.17) is 0 Å². The van der Waals surface area contributed by atoms with Crippen molar-refractivity contribution >= 4 is 5.69 Å². The summed E-state index contributed by atoms with van der Waals surface area (Å²) in [7, 11) is 0.